The summed E-state index contributed by atoms with van der Waals surface area (Å²) >= 11 is 0. The highest BCUT2D eigenvalue weighted by molar-refractivity contribution is 5.95. The second-order valence-corrected chi connectivity index (χ2v) is 8.56. The first kappa shape index (κ1) is 22.6. The summed E-state index contributed by atoms with van der Waals surface area (Å²) in [6.45, 7) is 3.49. The van der Waals surface area contributed by atoms with E-state index in [1.807, 2.05) is 66.4 Å². The van der Waals surface area contributed by atoms with Gasteiger partial charge in [0, 0.05) is 30.8 Å². The number of nitrogens with zero attached hydrogens (tertiary/aromatic N) is 1. The van der Waals surface area contributed by atoms with Gasteiger partial charge in [-0.3, -0.25) is 9.59 Å². The lowest BCUT2D eigenvalue weighted by Crippen LogP contribution is -2.45. The van der Waals surface area contributed by atoms with Crippen LogP contribution in [0.4, 0.5) is 0 Å². The van der Waals surface area contributed by atoms with Crippen molar-refractivity contribution >= 4 is 11.8 Å². The highest BCUT2D eigenvalue weighted by Gasteiger charge is 2.45. The monoisotopic (exact) mass is 442 g/mol. The van der Waals surface area contributed by atoms with Crippen LogP contribution in [0.15, 0.2) is 78.9 Å². The standard InChI is InChI=1S/C28H30N2O3/c1-3-29-27(32)28(17-18-30(20-28)26(31)23-9-5-4-6-10-23)19-21-13-15-22(16-14-21)24-11-7-8-12-25(24)33-2/h4-16H,3,17-20H2,1-2H3,(H,29,32)/t28-/m0/s1. The van der Waals surface area contributed by atoms with E-state index < -0.39 is 5.41 Å². The van der Waals surface area contributed by atoms with Gasteiger partial charge in [0.15, 0.2) is 0 Å². The zero-order chi connectivity index (χ0) is 23.3. The smallest absolute Gasteiger partial charge is 0.253 e. The number of hydrogen-bond donors (Lipinski definition) is 1. The topological polar surface area (TPSA) is 58.6 Å². The summed E-state index contributed by atoms with van der Waals surface area (Å²) in [5.41, 5.74) is 3.20. The van der Waals surface area contributed by atoms with Gasteiger partial charge < -0.3 is 15.0 Å². The molecule has 3 aromatic rings. The molecule has 4 rings (SSSR count). The average Bonchev–Trinajstić information content (AvgIpc) is 3.30. The fourth-order valence-electron chi connectivity index (χ4n) is 4.64. The molecular formula is C28H30N2O3. The number of nitrogens with one attached hydrogen (secondary N) is 1. The van der Waals surface area contributed by atoms with Crippen molar-refractivity contribution in [3.63, 3.8) is 0 Å². The highest BCUT2D eigenvalue weighted by Crippen LogP contribution is 2.36. The van der Waals surface area contributed by atoms with Crippen LogP contribution in [-0.2, 0) is 11.2 Å². The number of rotatable bonds is 7. The molecule has 33 heavy (non-hydrogen) atoms. The minimum absolute atomic E-state index is 0.0159. The third kappa shape index (κ3) is 4.77. The van der Waals surface area contributed by atoms with Crippen LogP contribution in [0, 0.1) is 5.41 Å². The lowest BCUT2D eigenvalue weighted by molar-refractivity contribution is -0.130. The Morgan fingerprint density at radius 1 is 0.970 bits per heavy atom. The number of carbonyl (C=O) groups excluding carboxylic acids is 2. The molecule has 1 fully saturated rings. The van der Waals surface area contributed by atoms with E-state index in [4.69, 9.17) is 4.74 Å². The summed E-state index contributed by atoms with van der Waals surface area (Å²) in [6, 6.07) is 25.5. The quantitative estimate of drug-likeness (QED) is 0.583. The number of likely N-dealkylation sites (tertiary alicyclic amines) is 1. The van der Waals surface area contributed by atoms with Gasteiger partial charge in [0.25, 0.3) is 5.91 Å². The molecule has 0 bridgehead atoms. The normalized spacial score (nSPS) is 17.6. The van der Waals surface area contributed by atoms with E-state index in [0.717, 1.165) is 22.4 Å². The van der Waals surface area contributed by atoms with Gasteiger partial charge in [-0.05, 0) is 49.1 Å². The Morgan fingerprint density at radius 2 is 1.67 bits per heavy atom. The molecule has 1 heterocycles. The molecule has 0 aromatic heterocycles. The van der Waals surface area contributed by atoms with Gasteiger partial charge in [0.2, 0.25) is 5.91 Å². The van der Waals surface area contributed by atoms with Crippen molar-refractivity contribution in [3.05, 3.63) is 90.0 Å². The summed E-state index contributed by atoms with van der Waals surface area (Å²) in [5.74, 6) is 0.824. The van der Waals surface area contributed by atoms with Gasteiger partial charge in [0.05, 0.1) is 12.5 Å². The van der Waals surface area contributed by atoms with E-state index in [2.05, 4.69) is 29.6 Å². The Bertz CT molecular complexity index is 1110. The molecule has 3 aromatic carbocycles. The van der Waals surface area contributed by atoms with Crippen molar-refractivity contribution in [1.29, 1.82) is 0 Å². The SMILES string of the molecule is CCNC(=O)[C@]1(Cc2ccc(-c3ccccc3OC)cc2)CCN(C(=O)c2ccccc2)C1. The van der Waals surface area contributed by atoms with Crippen molar-refractivity contribution in [2.45, 2.75) is 19.8 Å². The Balaban J connectivity index is 1.56. The Hall–Kier alpha value is -3.60. The summed E-state index contributed by atoms with van der Waals surface area (Å²) in [4.78, 5) is 28.0. The van der Waals surface area contributed by atoms with Crippen molar-refractivity contribution in [2.75, 3.05) is 26.7 Å². The van der Waals surface area contributed by atoms with Crippen LogP contribution in [0.3, 0.4) is 0 Å². The zero-order valence-electron chi connectivity index (χ0n) is 19.2. The number of hydrogen-bond acceptors (Lipinski definition) is 3. The second kappa shape index (κ2) is 9.90. The first-order valence-corrected chi connectivity index (χ1v) is 11.4. The summed E-state index contributed by atoms with van der Waals surface area (Å²) < 4.78 is 5.49. The molecule has 0 aliphatic carbocycles. The van der Waals surface area contributed by atoms with Crippen LogP contribution in [0.25, 0.3) is 11.1 Å². The summed E-state index contributed by atoms with van der Waals surface area (Å²) in [6.07, 6.45) is 1.23. The molecular weight excluding hydrogens is 412 g/mol. The van der Waals surface area contributed by atoms with Crippen LogP contribution in [-0.4, -0.2) is 43.5 Å². The average molecular weight is 443 g/mol. The third-order valence-corrected chi connectivity index (χ3v) is 6.40. The molecule has 0 saturated carbocycles. The van der Waals surface area contributed by atoms with Crippen LogP contribution >= 0.6 is 0 Å². The number of para-hydroxylation sites is 1. The summed E-state index contributed by atoms with van der Waals surface area (Å²) in [7, 11) is 1.67. The zero-order valence-corrected chi connectivity index (χ0v) is 19.2. The maximum absolute atomic E-state index is 13.2. The molecule has 0 unspecified atom stereocenters. The van der Waals surface area contributed by atoms with Crippen molar-refractivity contribution in [2.24, 2.45) is 5.41 Å². The minimum atomic E-state index is -0.633. The second-order valence-electron chi connectivity index (χ2n) is 8.56. The van der Waals surface area contributed by atoms with Gasteiger partial charge in [0.1, 0.15) is 5.75 Å². The highest BCUT2D eigenvalue weighted by atomic mass is 16.5. The number of ether oxygens (including phenoxy) is 1. The largest absolute Gasteiger partial charge is 0.496 e. The third-order valence-electron chi connectivity index (χ3n) is 6.40. The van der Waals surface area contributed by atoms with E-state index in [1.165, 1.54) is 0 Å². The summed E-state index contributed by atoms with van der Waals surface area (Å²) in [5, 5.41) is 3.01. The van der Waals surface area contributed by atoms with Gasteiger partial charge in [-0.1, -0.05) is 60.7 Å². The molecule has 1 N–H and O–H groups in total. The predicted molar refractivity (Wildman–Crippen MR) is 130 cm³/mol. The fraction of sp³-hybridized carbons (Fsp3) is 0.286. The van der Waals surface area contributed by atoms with Crippen molar-refractivity contribution in [3.8, 4) is 16.9 Å². The lowest BCUT2D eigenvalue weighted by atomic mass is 9.79. The first-order chi connectivity index (χ1) is 16.1. The van der Waals surface area contributed by atoms with Crippen LogP contribution in [0.5, 0.6) is 5.75 Å². The van der Waals surface area contributed by atoms with Crippen molar-refractivity contribution in [1.82, 2.24) is 10.2 Å². The molecule has 5 heteroatoms. The minimum Gasteiger partial charge on any atom is -0.496 e. The van der Waals surface area contributed by atoms with Crippen LogP contribution in [0.2, 0.25) is 0 Å². The maximum atomic E-state index is 13.2. The molecule has 1 atom stereocenters. The van der Waals surface area contributed by atoms with Gasteiger partial charge in [-0.25, -0.2) is 0 Å². The molecule has 1 aliphatic heterocycles. The van der Waals surface area contributed by atoms with Crippen LogP contribution < -0.4 is 10.1 Å². The van der Waals surface area contributed by atoms with Gasteiger partial charge in [-0.2, -0.15) is 0 Å². The Morgan fingerprint density at radius 3 is 2.36 bits per heavy atom. The predicted octanol–water partition coefficient (Wildman–Crippen LogP) is 4.57. The fourth-order valence-corrected chi connectivity index (χ4v) is 4.64. The van der Waals surface area contributed by atoms with Crippen molar-refractivity contribution < 1.29 is 14.3 Å². The van der Waals surface area contributed by atoms with E-state index in [-0.39, 0.29) is 11.8 Å². The maximum Gasteiger partial charge on any atom is 0.253 e. The first-order valence-electron chi connectivity index (χ1n) is 11.4. The molecule has 5 nitrogen and oxygen atoms in total. The van der Waals surface area contributed by atoms with E-state index >= 15 is 0 Å². The molecule has 0 spiro atoms. The van der Waals surface area contributed by atoms with Crippen LogP contribution in [0.1, 0.15) is 29.3 Å². The van der Waals surface area contributed by atoms with E-state index in [1.54, 1.807) is 7.11 Å². The number of benzene rings is 3. The Kier molecular flexibility index (Phi) is 6.78. The molecule has 0 radical (unpaired) electrons. The molecule has 170 valence electrons. The molecule has 1 aliphatic rings. The van der Waals surface area contributed by atoms with E-state index in [0.29, 0.717) is 38.0 Å². The number of amides is 2. The molecule has 1 saturated heterocycles. The Labute approximate surface area is 195 Å². The van der Waals surface area contributed by atoms with E-state index in [9.17, 15) is 9.59 Å². The van der Waals surface area contributed by atoms with Gasteiger partial charge >= 0.3 is 0 Å². The molecule has 2 amide bonds. The number of methoxy groups -OCH3 is 1. The lowest BCUT2D eigenvalue weighted by Gasteiger charge is -2.28. The van der Waals surface area contributed by atoms with Gasteiger partial charge in [-0.15, -0.1) is 0 Å². The number of carbonyl (C=O) groups is 2.